The molecule has 0 spiro atoms. The highest BCUT2D eigenvalue weighted by Gasteiger charge is 2.24. The molecule has 0 radical (unpaired) electrons. The van der Waals surface area contributed by atoms with Crippen LogP contribution < -0.4 is 11.2 Å². The first-order valence-electron chi connectivity index (χ1n) is 5.26. The monoisotopic (exact) mass is 252 g/mol. The van der Waals surface area contributed by atoms with Gasteiger partial charge < -0.3 is 14.9 Å². The first-order valence-corrected chi connectivity index (χ1v) is 5.26. The normalized spacial score (nSPS) is 23.1. The van der Waals surface area contributed by atoms with Gasteiger partial charge in [0.1, 0.15) is 18.5 Å². The number of nitrogens with one attached hydrogen (secondary N) is 1. The zero-order chi connectivity index (χ0) is 13.1. The highest BCUT2D eigenvalue weighted by Crippen LogP contribution is 2.19. The number of aliphatic hydroxyl groups excluding tert-OH is 2. The number of ether oxygens (including phenoxy) is 1. The maximum Gasteiger partial charge on any atom is 0.331 e. The summed E-state index contributed by atoms with van der Waals surface area (Å²) in [6, 6.07) is 1.15. The molecule has 1 aromatic heterocycles. The van der Waals surface area contributed by atoms with E-state index in [1.807, 2.05) is 0 Å². The second-order valence-electron chi connectivity index (χ2n) is 3.69. The summed E-state index contributed by atoms with van der Waals surface area (Å²) in [5.41, 5.74) is -1.23. The molecule has 18 heavy (non-hydrogen) atoms. The van der Waals surface area contributed by atoms with Gasteiger partial charge in [0.15, 0.2) is 0 Å². The predicted octanol–water partition coefficient (Wildman–Crippen LogP) is -1.14. The summed E-state index contributed by atoms with van der Waals surface area (Å²) < 4.78 is 6.37. The third kappa shape index (κ3) is 2.41. The van der Waals surface area contributed by atoms with Gasteiger partial charge in [-0.15, -0.1) is 0 Å². The Morgan fingerprint density at radius 1 is 1.44 bits per heavy atom. The molecule has 0 saturated carbocycles. The summed E-state index contributed by atoms with van der Waals surface area (Å²) in [7, 11) is 0. The summed E-state index contributed by atoms with van der Waals surface area (Å²) in [6.45, 7) is -0.355. The van der Waals surface area contributed by atoms with Crippen LogP contribution in [0.3, 0.4) is 0 Å². The third-order valence-corrected chi connectivity index (χ3v) is 2.44. The molecule has 2 atom stereocenters. The van der Waals surface area contributed by atoms with Crippen molar-refractivity contribution >= 4 is 0 Å². The Morgan fingerprint density at radius 2 is 2.22 bits per heavy atom. The molecule has 96 valence electrons. The molecule has 1 aliphatic heterocycles. The number of aliphatic hydroxyl groups is 2. The minimum absolute atomic E-state index is 0.214. The van der Waals surface area contributed by atoms with Crippen molar-refractivity contribution in [3.05, 3.63) is 57.1 Å². The van der Waals surface area contributed by atoms with Crippen LogP contribution in [0.15, 0.2) is 45.8 Å². The number of H-pyrrole nitrogens is 1. The Balaban J connectivity index is 2.42. The van der Waals surface area contributed by atoms with Crippen LogP contribution in [0.5, 0.6) is 0 Å². The molecule has 0 fully saturated rings. The average molecular weight is 252 g/mol. The van der Waals surface area contributed by atoms with E-state index in [9.17, 15) is 14.7 Å². The quantitative estimate of drug-likeness (QED) is 0.617. The van der Waals surface area contributed by atoms with Crippen LogP contribution in [0.25, 0.3) is 0 Å². The lowest BCUT2D eigenvalue weighted by atomic mass is 10.3. The van der Waals surface area contributed by atoms with Crippen LogP contribution in [-0.4, -0.2) is 32.5 Å². The smallest absolute Gasteiger partial charge is 0.331 e. The topological polar surface area (TPSA) is 105 Å². The number of hydrogen-bond donors (Lipinski definition) is 3. The summed E-state index contributed by atoms with van der Waals surface area (Å²) in [5.74, 6) is 0.214. The van der Waals surface area contributed by atoms with E-state index < -0.39 is 23.6 Å². The lowest BCUT2D eigenvalue weighted by molar-refractivity contribution is -0.0379. The van der Waals surface area contributed by atoms with Gasteiger partial charge in [-0.25, -0.2) is 4.79 Å². The Labute approximate surface area is 101 Å². The van der Waals surface area contributed by atoms with Gasteiger partial charge in [-0.3, -0.25) is 14.3 Å². The highest BCUT2D eigenvalue weighted by molar-refractivity contribution is 5.13. The van der Waals surface area contributed by atoms with Crippen LogP contribution in [0, 0.1) is 0 Å². The molecule has 2 rings (SSSR count). The first-order chi connectivity index (χ1) is 8.61. The van der Waals surface area contributed by atoms with Gasteiger partial charge in [0.2, 0.25) is 6.23 Å². The number of nitrogens with zero attached hydrogens (tertiary/aromatic N) is 1. The van der Waals surface area contributed by atoms with E-state index >= 15 is 0 Å². The van der Waals surface area contributed by atoms with Gasteiger partial charge >= 0.3 is 5.69 Å². The maximum atomic E-state index is 11.6. The lowest BCUT2D eigenvalue weighted by Gasteiger charge is -2.23. The third-order valence-electron chi connectivity index (χ3n) is 2.44. The zero-order valence-electron chi connectivity index (χ0n) is 9.31. The fourth-order valence-electron chi connectivity index (χ4n) is 1.57. The van der Waals surface area contributed by atoms with Crippen molar-refractivity contribution in [2.24, 2.45) is 0 Å². The molecular formula is C11H12N2O5. The fraction of sp³-hybridized carbons (Fsp3) is 0.273. The maximum absolute atomic E-state index is 11.6. The summed E-state index contributed by atoms with van der Waals surface area (Å²) >= 11 is 0. The SMILES string of the molecule is O=c1ccn([C@@H]2OC(CO)=CC=C[C@H]2O)c(=O)[nH]1. The molecule has 1 aromatic rings. The van der Waals surface area contributed by atoms with Crippen molar-refractivity contribution in [1.29, 1.82) is 0 Å². The van der Waals surface area contributed by atoms with Crippen molar-refractivity contribution in [2.75, 3.05) is 6.61 Å². The predicted molar refractivity (Wildman–Crippen MR) is 61.8 cm³/mol. The molecular weight excluding hydrogens is 240 g/mol. The van der Waals surface area contributed by atoms with Gasteiger partial charge in [-0.1, -0.05) is 12.2 Å². The summed E-state index contributed by atoms with van der Waals surface area (Å²) in [5, 5.41) is 18.9. The molecule has 0 unspecified atom stereocenters. The van der Waals surface area contributed by atoms with Gasteiger partial charge in [0.05, 0.1) is 0 Å². The van der Waals surface area contributed by atoms with E-state index in [1.54, 1.807) is 0 Å². The van der Waals surface area contributed by atoms with E-state index in [1.165, 1.54) is 24.4 Å². The van der Waals surface area contributed by atoms with E-state index in [0.29, 0.717) is 0 Å². The molecule has 3 N–H and O–H groups in total. The molecule has 2 heterocycles. The second kappa shape index (κ2) is 5.03. The molecule has 7 nitrogen and oxygen atoms in total. The van der Waals surface area contributed by atoms with Crippen LogP contribution in [0.2, 0.25) is 0 Å². The standard InChI is InChI=1S/C11H12N2O5/c14-6-7-2-1-3-8(15)10(18-7)13-5-4-9(16)12-11(13)17/h1-5,8,10,14-15H,6H2,(H,12,16,17)/t8-,10-/m1/s1. The fourth-order valence-corrected chi connectivity index (χ4v) is 1.57. The second-order valence-corrected chi connectivity index (χ2v) is 3.69. The Kier molecular flexibility index (Phi) is 3.45. The van der Waals surface area contributed by atoms with Gasteiger partial charge in [0.25, 0.3) is 5.56 Å². The van der Waals surface area contributed by atoms with Crippen LogP contribution in [0.4, 0.5) is 0 Å². The number of aromatic amines is 1. The van der Waals surface area contributed by atoms with Gasteiger partial charge in [0, 0.05) is 12.3 Å². The Hall–Kier alpha value is -2.12. The van der Waals surface area contributed by atoms with Gasteiger partial charge in [-0.05, 0) is 6.08 Å². The van der Waals surface area contributed by atoms with Crippen molar-refractivity contribution in [3.8, 4) is 0 Å². The molecule has 0 saturated heterocycles. The van der Waals surface area contributed by atoms with E-state index in [-0.39, 0.29) is 12.4 Å². The van der Waals surface area contributed by atoms with E-state index in [4.69, 9.17) is 9.84 Å². The lowest BCUT2D eigenvalue weighted by Crippen LogP contribution is -2.37. The van der Waals surface area contributed by atoms with Gasteiger partial charge in [-0.2, -0.15) is 0 Å². The van der Waals surface area contributed by atoms with Crippen LogP contribution in [0.1, 0.15) is 6.23 Å². The molecule has 7 heteroatoms. The first kappa shape index (κ1) is 12.3. The number of hydrogen-bond acceptors (Lipinski definition) is 5. The average Bonchev–Trinajstić information content (AvgIpc) is 2.51. The minimum Gasteiger partial charge on any atom is -0.469 e. The number of aromatic nitrogens is 2. The molecule has 1 aliphatic rings. The van der Waals surface area contributed by atoms with Crippen molar-refractivity contribution < 1.29 is 14.9 Å². The highest BCUT2D eigenvalue weighted by atomic mass is 16.5. The largest absolute Gasteiger partial charge is 0.469 e. The number of rotatable bonds is 2. The molecule has 0 bridgehead atoms. The molecule has 0 aromatic carbocycles. The van der Waals surface area contributed by atoms with Crippen LogP contribution >= 0.6 is 0 Å². The van der Waals surface area contributed by atoms with Crippen molar-refractivity contribution in [1.82, 2.24) is 9.55 Å². The molecule has 0 aliphatic carbocycles. The van der Waals surface area contributed by atoms with Crippen molar-refractivity contribution in [3.63, 3.8) is 0 Å². The van der Waals surface area contributed by atoms with Crippen molar-refractivity contribution in [2.45, 2.75) is 12.3 Å². The minimum atomic E-state index is -1.08. The zero-order valence-corrected chi connectivity index (χ0v) is 9.31. The van der Waals surface area contributed by atoms with E-state index in [2.05, 4.69) is 4.98 Å². The number of allylic oxidation sites excluding steroid dienone is 2. The van der Waals surface area contributed by atoms with E-state index in [0.717, 1.165) is 10.6 Å². The summed E-state index contributed by atoms with van der Waals surface area (Å²) in [4.78, 5) is 24.6. The summed E-state index contributed by atoms with van der Waals surface area (Å²) in [6.07, 6.45) is 3.54. The van der Waals surface area contributed by atoms with Crippen LogP contribution in [-0.2, 0) is 4.74 Å². The Morgan fingerprint density at radius 3 is 2.89 bits per heavy atom. The Bertz CT molecular complexity index is 598. The molecule has 0 amide bonds.